The Kier molecular flexibility index (Phi) is 4.61. The molecule has 2 saturated heterocycles. The summed E-state index contributed by atoms with van der Waals surface area (Å²) < 4.78 is 12.0. The Morgan fingerprint density at radius 3 is 2.96 bits per heavy atom. The van der Waals surface area contributed by atoms with E-state index in [1.807, 2.05) is 18.2 Å². The van der Waals surface area contributed by atoms with Crippen LogP contribution in [0.25, 0.3) is 0 Å². The Balaban J connectivity index is 1.32. The van der Waals surface area contributed by atoms with Gasteiger partial charge in [0, 0.05) is 24.8 Å². The first-order chi connectivity index (χ1) is 12.6. The lowest BCUT2D eigenvalue weighted by Crippen LogP contribution is -2.67. The molecule has 1 atom stereocenters. The van der Waals surface area contributed by atoms with E-state index in [0.717, 1.165) is 18.5 Å². The average molecular weight is 354 g/mol. The van der Waals surface area contributed by atoms with Gasteiger partial charge in [0.25, 0.3) is 5.91 Å². The van der Waals surface area contributed by atoms with Crippen LogP contribution in [0.1, 0.15) is 28.9 Å². The van der Waals surface area contributed by atoms with Crippen molar-refractivity contribution in [3.63, 3.8) is 0 Å². The normalized spacial score (nSPS) is 21.4. The number of likely N-dealkylation sites (tertiary alicyclic amines) is 1. The van der Waals surface area contributed by atoms with Crippen molar-refractivity contribution in [2.75, 3.05) is 19.7 Å². The summed E-state index contributed by atoms with van der Waals surface area (Å²) in [6.45, 7) is 2.25. The van der Waals surface area contributed by atoms with Crippen molar-refractivity contribution in [2.45, 2.75) is 31.2 Å². The van der Waals surface area contributed by atoms with E-state index in [-0.39, 0.29) is 23.4 Å². The van der Waals surface area contributed by atoms with Crippen molar-refractivity contribution in [1.29, 1.82) is 0 Å². The summed E-state index contributed by atoms with van der Waals surface area (Å²) in [6.07, 6.45) is 3.52. The van der Waals surface area contributed by atoms with Gasteiger partial charge in [-0.15, -0.1) is 0 Å². The van der Waals surface area contributed by atoms with E-state index in [9.17, 15) is 9.90 Å². The predicted molar refractivity (Wildman–Crippen MR) is 94.7 cm³/mol. The number of carbonyl (C=O) groups is 1. The van der Waals surface area contributed by atoms with Crippen LogP contribution < -0.4 is 0 Å². The minimum Gasteiger partial charge on any atom is -0.508 e. The van der Waals surface area contributed by atoms with Crippen LogP contribution in [0.5, 0.6) is 5.75 Å². The molecule has 136 valence electrons. The predicted octanol–water partition coefficient (Wildman–Crippen LogP) is 2.38. The van der Waals surface area contributed by atoms with Gasteiger partial charge in [-0.2, -0.15) is 0 Å². The zero-order valence-electron chi connectivity index (χ0n) is 14.5. The molecule has 6 nitrogen and oxygen atoms in total. The molecule has 1 aromatic carbocycles. The van der Waals surface area contributed by atoms with Crippen LogP contribution in [0.15, 0.2) is 48.7 Å². The van der Waals surface area contributed by atoms with Crippen LogP contribution in [-0.4, -0.2) is 52.3 Å². The van der Waals surface area contributed by atoms with Gasteiger partial charge in [-0.25, -0.2) is 0 Å². The quantitative estimate of drug-likeness (QED) is 0.913. The van der Waals surface area contributed by atoms with E-state index in [4.69, 9.17) is 9.47 Å². The van der Waals surface area contributed by atoms with Crippen LogP contribution in [0.2, 0.25) is 0 Å². The SMILES string of the molecule is O=C(c1cccc(O)c1)N1CC2(C[C@@H](OCc3ccccn3)CCO2)C1. The van der Waals surface area contributed by atoms with Gasteiger partial charge in [-0.1, -0.05) is 12.1 Å². The van der Waals surface area contributed by atoms with Gasteiger partial charge in [-0.3, -0.25) is 9.78 Å². The van der Waals surface area contributed by atoms with Gasteiger partial charge < -0.3 is 19.5 Å². The van der Waals surface area contributed by atoms with Crippen LogP contribution in [-0.2, 0) is 16.1 Å². The van der Waals surface area contributed by atoms with Crippen LogP contribution in [0, 0.1) is 0 Å². The number of phenols is 1. The molecular weight excluding hydrogens is 332 g/mol. The summed E-state index contributed by atoms with van der Waals surface area (Å²) in [6, 6.07) is 12.2. The molecule has 2 aliphatic rings. The molecule has 26 heavy (non-hydrogen) atoms. The summed E-state index contributed by atoms with van der Waals surface area (Å²) in [7, 11) is 0. The van der Waals surface area contributed by atoms with E-state index < -0.39 is 0 Å². The molecule has 0 saturated carbocycles. The fourth-order valence-corrected chi connectivity index (χ4v) is 3.65. The zero-order chi connectivity index (χ0) is 18.0. The summed E-state index contributed by atoms with van der Waals surface area (Å²) in [4.78, 5) is 18.6. The van der Waals surface area contributed by atoms with Gasteiger partial charge in [0.1, 0.15) is 11.4 Å². The number of carbonyl (C=O) groups excluding carboxylic acids is 1. The van der Waals surface area contributed by atoms with Crippen molar-refractivity contribution in [2.24, 2.45) is 0 Å². The molecule has 0 bridgehead atoms. The van der Waals surface area contributed by atoms with Crippen molar-refractivity contribution in [1.82, 2.24) is 9.88 Å². The van der Waals surface area contributed by atoms with Gasteiger partial charge >= 0.3 is 0 Å². The number of pyridine rings is 1. The van der Waals surface area contributed by atoms with E-state index >= 15 is 0 Å². The Morgan fingerprint density at radius 2 is 2.19 bits per heavy atom. The number of hydrogen-bond donors (Lipinski definition) is 1. The lowest BCUT2D eigenvalue weighted by molar-refractivity contribution is -0.188. The highest BCUT2D eigenvalue weighted by molar-refractivity contribution is 5.95. The second-order valence-electron chi connectivity index (χ2n) is 6.99. The number of ether oxygens (including phenoxy) is 2. The number of rotatable bonds is 4. The van der Waals surface area contributed by atoms with Crippen molar-refractivity contribution < 1.29 is 19.4 Å². The first kappa shape index (κ1) is 17.0. The standard InChI is InChI=1S/C20H22N2O4/c23-17-6-3-4-15(10-17)19(24)22-13-20(14-22)11-18(7-9-26-20)25-12-16-5-1-2-8-21-16/h1-6,8,10,18,23H,7,9,11-14H2/t18-/m0/s1. The van der Waals surface area contributed by atoms with Crippen molar-refractivity contribution in [3.8, 4) is 5.75 Å². The van der Waals surface area contributed by atoms with Gasteiger partial charge in [0.2, 0.25) is 0 Å². The summed E-state index contributed by atoms with van der Waals surface area (Å²) in [5.74, 6) is 0.0228. The minimum atomic E-state index is -0.306. The third-order valence-electron chi connectivity index (χ3n) is 4.98. The summed E-state index contributed by atoms with van der Waals surface area (Å²) in [5, 5.41) is 9.55. The van der Waals surface area contributed by atoms with Crippen molar-refractivity contribution in [3.05, 3.63) is 59.9 Å². The molecule has 2 fully saturated rings. The van der Waals surface area contributed by atoms with E-state index in [0.29, 0.717) is 31.9 Å². The number of nitrogens with zero attached hydrogens (tertiary/aromatic N) is 2. The molecule has 1 aromatic heterocycles. The van der Waals surface area contributed by atoms with Gasteiger partial charge in [0.15, 0.2) is 0 Å². The molecule has 2 aromatic rings. The summed E-state index contributed by atoms with van der Waals surface area (Å²) >= 11 is 0. The minimum absolute atomic E-state index is 0.0772. The maximum absolute atomic E-state index is 12.5. The van der Waals surface area contributed by atoms with Crippen molar-refractivity contribution >= 4 is 5.91 Å². The second kappa shape index (κ2) is 7.05. The smallest absolute Gasteiger partial charge is 0.254 e. The molecule has 1 amide bonds. The highest BCUT2D eigenvalue weighted by Crippen LogP contribution is 2.36. The first-order valence-electron chi connectivity index (χ1n) is 8.87. The monoisotopic (exact) mass is 354 g/mol. The van der Waals surface area contributed by atoms with Gasteiger partial charge in [0.05, 0.1) is 31.5 Å². The number of hydrogen-bond acceptors (Lipinski definition) is 5. The molecule has 3 heterocycles. The van der Waals surface area contributed by atoms with E-state index in [1.54, 1.807) is 29.3 Å². The molecule has 0 unspecified atom stereocenters. The largest absolute Gasteiger partial charge is 0.508 e. The van der Waals surface area contributed by atoms with E-state index in [2.05, 4.69) is 4.98 Å². The number of phenolic OH excluding ortho intramolecular Hbond substituents is 1. The first-order valence-corrected chi connectivity index (χ1v) is 8.87. The lowest BCUT2D eigenvalue weighted by atomic mass is 9.84. The molecule has 6 heteroatoms. The number of aromatic nitrogens is 1. The third kappa shape index (κ3) is 3.57. The third-order valence-corrected chi connectivity index (χ3v) is 4.98. The number of benzene rings is 1. The Labute approximate surface area is 152 Å². The molecule has 0 radical (unpaired) electrons. The Hall–Kier alpha value is -2.44. The fourth-order valence-electron chi connectivity index (χ4n) is 3.65. The number of aromatic hydroxyl groups is 1. The average Bonchev–Trinajstić information content (AvgIpc) is 2.65. The number of amides is 1. The van der Waals surface area contributed by atoms with Crippen LogP contribution >= 0.6 is 0 Å². The highest BCUT2D eigenvalue weighted by Gasteiger charge is 2.49. The van der Waals surface area contributed by atoms with E-state index in [1.165, 1.54) is 6.07 Å². The highest BCUT2D eigenvalue weighted by atomic mass is 16.5. The zero-order valence-corrected chi connectivity index (χ0v) is 14.5. The molecular formula is C20H22N2O4. The van der Waals surface area contributed by atoms with Crippen LogP contribution in [0.4, 0.5) is 0 Å². The second-order valence-corrected chi connectivity index (χ2v) is 6.99. The van der Waals surface area contributed by atoms with Crippen LogP contribution in [0.3, 0.4) is 0 Å². The maximum atomic E-state index is 12.5. The Morgan fingerprint density at radius 1 is 1.31 bits per heavy atom. The molecule has 2 aliphatic heterocycles. The topological polar surface area (TPSA) is 71.9 Å². The molecule has 1 N–H and O–H groups in total. The lowest BCUT2D eigenvalue weighted by Gasteiger charge is -2.53. The summed E-state index contributed by atoms with van der Waals surface area (Å²) in [5.41, 5.74) is 1.11. The maximum Gasteiger partial charge on any atom is 0.254 e. The molecule has 0 aliphatic carbocycles. The Bertz CT molecular complexity index is 774. The molecule has 1 spiro atoms. The molecule has 4 rings (SSSR count). The van der Waals surface area contributed by atoms with Gasteiger partial charge in [-0.05, 0) is 36.8 Å². The fraction of sp³-hybridized carbons (Fsp3) is 0.400.